The summed E-state index contributed by atoms with van der Waals surface area (Å²) in [5, 5.41) is 8.56. The Labute approximate surface area is 184 Å². The van der Waals surface area contributed by atoms with Crippen molar-refractivity contribution in [2.24, 2.45) is 0 Å². The van der Waals surface area contributed by atoms with Crippen LogP contribution in [0.15, 0.2) is 67.0 Å². The number of carbonyl (C=O) groups is 2. The highest BCUT2D eigenvalue weighted by molar-refractivity contribution is 7.17. The molecule has 154 valence electrons. The summed E-state index contributed by atoms with van der Waals surface area (Å²) < 4.78 is 0. The van der Waals surface area contributed by atoms with Crippen LogP contribution in [0.3, 0.4) is 0 Å². The minimum Gasteiger partial charge on any atom is -0.348 e. The van der Waals surface area contributed by atoms with Crippen molar-refractivity contribution in [1.82, 2.24) is 10.3 Å². The number of hydrogen-bond acceptors (Lipinski definition) is 4. The van der Waals surface area contributed by atoms with Crippen LogP contribution in [0.5, 0.6) is 0 Å². The molecule has 6 heteroatoms. The van der Waals surface area contributed by atoms with Crippen molar-refractivity contribution in [3.05, 3.63) is 94.1 Å². The number of aryl methyl sites for hydroxylation is 1. The van der Waals surface area contributed by atoms with E-state index in [4.69, 9.17) is 0 Å². The van der Waals surface area contributed by atoms with Gasteiger partial charge < -0.3 is 10.6 Å². The maximum absolute atomic E-state index is 13.2. The van der Waals surface area contributed by atoms with E-state index in [1.165, 1.54) is 16.2 Å². The lowest BCUT2D eigenvalue weighted by molar-refractivity contribution is 0.0951. The predicted molar refractivity (Wildman–Crippen MR) is 124 cm³/mol. The second-order valence-electron chi connectivity index (χ2n) is 7.59. The summed E-state index contributed by atoms with van der Waals surface area (Å²) in [7, 11) is 0. The maximum Gasteiger partial charge on any atom is 0.256 e. The fraction of sp³-hybridized carbons (Fsp3) is 0.160. The van der Waals surface area contributed by atoms with Gasteiger partial charge in [0.05, 0.1) is 5.56 Å². The van der Waals surface area contributed by atoms with E-state index in [1.807, 2.05) is 54.6 Å². The van der Waals surface area contributed by atoms with E-state index in [0.29, 0.717) is 22.7 Å². The summed E-state index contributed by atoms with van der Waals surface area (Å²) in [4.78, 5) is 31.6. The first-order valence-corrected chi connectivity index (χ1v) is 11.1. The minimum atomic E-state index is -0.196. The summed E-state index contributed by atoms with van der Waals surface area (Å²) in [6.45, 7) is 0.397. The second kappa shape index (κ2) is 8.32. The number of fused-ring (bicyclic) bond motifs is 2. The van der Waals surface area contributed by atoms with Crippen molar-refractivity contribution in [1.29, 1.82) is 0 Å². The van der Waals surface area contributed by atoms with Crippen molar-refractivity contribution >= 4 is 38.9 Å². The normalized spacial score (nSPS) is 12.5. The van der Waals surface area contributed by atoms with Gasteiger partial charge in [0.15, 0.2) is 0 Å². The lowest BCUT2D eigenvalue weighted by Gasteiger charge is -2.11. The molecular formula is C25H21N3O2S. The molecule has 0 fully saturated rings. The third-order valence-electron chi connectivity index (χ3n) is 5.59. The molecule has 2 aromatic heterocycles. The standard InChI is InChI=1S/C25H21N3O2S/c29-23(19-10-3-8-17-7-1-2-9-18(17)19)28-25-22(20-11-4-12-21(20)31-25)24(30)27-15-16-6-5-13-26-14-16/h1-3,5-10,13-14H,4,11-12,15H2,(H,27,30)(H,28,29). The molecule has 0 bridgehead atoms. The van der Waals surface area contributed by atoms with Crippen molar-refractivity contribution in [2.45, 2.75) is 25.8 Å². The summed E-state index contributed by atoms with van der Waals surface area (Å²) >= 11 is 1.52. The van der Waals surface area contributed by atoms with Crippen LogP contribution in [0.4, 0.5) is 5.00 Å². The molecule has 0 unspecified atom stereocenters. The van der Waals surface area contributed by atoms with Gasteiger partial charge in [0.2, 0.25) is 0 Å². The summed E-state index contributed by atoms with van der Waals surface area (Å²) in [5.74, 6) is -0.352. The van der Waals surface area contributed by atoms with Crippen LogP contribution in [-0.4, -0.2) is 16.8 Å². The van der Waals surface area contributed by atoms with Crippen LogP contribution in [0, 0.1) is 0 Å². The van der Waals surface area contributed by atoms with Crippen LogP contribution in [-0.2, 0) is 19.4 Å². The molecule has 0 saturated heterocycles. The maximum atomic E-state index is 13.2. The molecule has 1 aliphatic rings. The quantitative estimate of drug-likeness (QED) is 0.473. The zero-order valence-electron chi connectivity index (χ0n) is 16.9. The fourth-order valence-corrected chi connectivity index (χ4v) is 5.38. The summed E-state index contributed by atoms with van der Waals surface area (Å²) in [6.07, 6.45) is 6.31. The molecule has 2 amide bonds. The molecule has 5 nitrogen and oxygen atoms in total. The number of pyridine rings is 1. The Morgan fingerprint density at radius 2 is 1.84 bits per heavy atom. The van der Waals surface area contributed by atoms with Crippen LogP contribution in [0.1, 0.15) is 43.1 Å². The van der Waals surface area contributed by atoms with Crippen molar-refractivity contribution in [2.75, 3.05) is 5.32 Å². The first kappa shape index (κ1) is 19.5. The molecule has 2 heterocycles. The highest BCUT2D eigenvalue weighted by atomic mass is 32.1. The molecular weight excluding hydrogens is 406 g/mol. The highest BCUT2D eigenvalue weighted by Crippen LogP contribution is 2.39. The Morgan fingerprint density at radius 3 is 2.71 bits per heavy atom. The van der Waals surface area contributed by atoms with Gasteiger partial charge in [0, 0.05) is 29.4 Å². The molecule has 2 N–H and O–H groups in total. The van der Waals surface area contributed by atoms with Gasteiger partial charge in [0.25, 0.3) is 11.8 Å². The van der Waals surface area contributed by atoms with Gasteiger partial charge >= 0.3 is 0 Å². The SMILES string of the molecule is O=C(NCc1cccnc1)c1c(NC(=O)c2cccc3ccccc23)sc2c1CCC2. The number of anilines is 1. The van der Waals surface area contributed by atoms with E-state index in [1.54, 1.807) is 12.4 Å². The molecule has 0 spiro atoms. The zero-order valence-corrected chi connectivity index (χ0v) is 17.7. The predicted octanol–water partition coefficient (Wildman–Crippen LogP) is 4.97. The molecule has 4 aromatic rings. The number of aromatic nitrogens is 1. The Hall–Kier alpha value is -3.51. The number of carbonyl (C=O) groups excluding carboxylic acids is 2. The highest BCUT2D eigenvalue weighted by Gasteiger charge is 2.27. The third kappa shape index (κ3) is 3.82. The smallest absolute Gasteiger partial charge is 0.256 e. The van der Waals surface area contributed by atoms with Crippen LogP contribution in [0.2, 0.25) is 0 Å². The van der Waals surface area contributed by atoms with E-state index in [2.05, 4.69) is 15.6 Å². The molecule has 31 heavy (non-hydrogen) atoms. The van der Waals surface area contributed by atoms with Gasteiger partial charge in [-0.25, -0.2) is 0 Å². The van der Waals surface area contributed by atoms with Crippen molar-refractivity contribution in [3.8, 4) is 0 Å². The minimum absolute atomic E-state index is 0.156. The van der Waals surface area contributed by atoms with E-state index in [9.17, 15) is 9.59 Å². The molecule has 0 atom stereocenters. The van der Waals surface area contributed by atoms with E-state index in [0.717, 1.165) is 41.2 Å². The van der Waals surface area contributed by atoms with Gasteiger partial charge in [0.1, 0.15) is 5.00 Å². The number of nitrogens with one attached hydrogen (secondary N) is 2. The van der Waals surface area contributed by atoms with Gasteiger partial charge in [-0.2, -0.15) is 0 Å². The number of benzene rings is 2. The summed E-state index contributed by atoms with van der Waals surface area (Å²) in [5.41, 5.74) is 3.22. The summed E-state index contributed by atoms with van der Waals surface area (Å²) in [6, 6.07) is 17.3. The molecule has 0 aliphatic heterocycles. The average molecular weight is 428 g/mol. The van der Waals surface area contributed by atoms with Crippen LogP contribution < -0.4 is 10.6 Å². The first-order valence-electron chi connectivity index (χ1n) is 10.3. The molecule has 5 rings (SSSR count). The number of amides is 2. The third-order valence-corrected chi connectivity index (χ3v) is 6.79. The van der Waals surface area contributed by atoms with Gasteiger partial charge in [-0.3, -0.25) is 14.6 Å². The Bertz CT molecular complexity index is 1280. The Balaban J connectivity index is 1.43. The molecule has 1 aliphatic carbocycles. The fourth-order valence-electron chi connectivity index (χ4n) is 4.10. The average Bonchev–Trinajstić information content (AvgIpc) is 3.38. The Morgan fingerprint density at radius 1 is 0.968 bits per heavy atom. The number of thiophene rings is 1. The lowest BCUT2D eigenvalue weighted by Crippen LogP contribution is -2.25. The van der Waals surface area contributed by atoms with E-state index < -0.39 is 0 Å². The van der Waals surface area contributed by atoms with E-state index in [-0.39, 0.29) is 11.8 Å². The van der Waals surface area contributed by atoms with E-state index >= 15 is 0 Å². The number of rotatable bonds is 5. The molecule has 0 saturated carbocycles. The zero-order chi connectivity index (χ0) is 21.2. The number of nitrogens with zero attached hydrogens (tertiary/aromatic N) is 1. The monoisotopic (exact) mass is 427 g/mol. The van der Waals surface area contributed by atoms with Gasteiger partial charge in [-0.1, -0.05) is 42.5 Å². The van der Waals surface area contributed by atoms with Gasteiger partial charge in [-0.15, -0.1) is 11.3 Å². The van der Waals surface area contributed by atoms with Crippen molar-refractivity contribution in [3.63, 3.8) is 0 Å². The first-order chi connectivity index (χ1) is 15.2. The largest absolute Gasteiger partial charge is 0.348 e. The molecule has 2 aromatic carbocycles. The van der Waals surface area contributed by atoms with Crippen LogP contribution in [0.25, 0.3) is 10.8 Å². The molecule has 0 radical (unpaired) electrons. The topological polar surface area (TPSA) is 71.1 Å². The lowest BCUT2D eigenvalue weighted by atomic mass is 10.0. The Kier molecular flexibility index (Phi) is 5.22. The second-order valence-corrected chi connectivity index (χ2v) is 8.69. The van der Waals surface area contributed by atoms with Crippen molar-refractivity contribution < 1.29 is 9.59 Å². The number of hydrogen-bond donors (Lipinski definition) is 2. The van der Waals surface area contributed by atoms with Crippen LogP contribution >= 0.6 is 11.3 Å². The van der Waals surface area contributed by atoms with Gasteiger partial charge in [-0.05, 0) is 53.3 Å².